The highest BCUT2D eigenvalue weighted by Crippen LogP contribution is 2.17. The first-order valence-corrected chi connectivity index (χ1v) is 7.14. The molecule has 3 rings (SSSR count). The number of nitrogens with one attached hydrogen (secondary N) is 1. The average molecular weight is 309 g/mol. The highest BCUT2D eigenvalue weighted by Gasteiger charge is 2.18. The second kappa shape index (κ2) is 5.92. The molecular weight excluding hydrogens is 294 g/mol. The summed E-state index contributed by atoms with van der Waals surface area (Å²) in [6.45, 7) is 1.66. The molecule has 0 bridgehead atoms. The topological polar surface area (TPSA) is 84.2 Å². The number of rotatable bonds is 3. The van der Waals surface area contributed by atoms with Crippen LogP contribution in [0.25, 0.3) is 16.6 Å². The van der Waals surface area contributed by atoms with Gasteiger partial charge >= 0.3 is 6.09 Å². The van der Waals surface area contributed by atoms with E-state index in [-0.39, 0.29) is 5.56 Å². The molecule has 1 heterocycles. The first-order chi connectivity index (χ1) is 11.1. The lowest BCUT2D eigenvalue weighted by Crippen LogP contribution is -2.32. The maximum atomic E-state index is 12.9. The summed E-state index contributed by atoms with van der Waals surface area (Å²) in [5.74, 6) is 0.349. The molecule has 1 unspecified atom stereocenters. The van der Waals surface area contributed by atoms with Gasteiger partial charge in [0.2, 0.25) is 0 Å². The predicted molar refractivity (Wildman–Crippen MR) is 86.9 cm³/mol. The Balaban J connectivity index is 2.32. The lowest BCUT2D eigenvalue weighted by atomic mass is 10.2. The van der Waals surface area contributed by atoms with Crippen LogP contribution in [-0.4, -0.2) is 20.8 Å². The SMILES string of the molecule is CC(NC(=O)O)c1nc2ccccc2c(=O)n1-c1ccccc1. The lowest BCUT2D eigenvalue weighted by Gasteiger charge is -2.18. The summed E-state index contributed by atoms with van der Waals surface area (Å²) in [6, 6.07) is 15.4. The van der Waals surface area contributed by atoms with Crippen LogP contribution in [0.5, 0.6) is 0 Å². The Labute approximate surface area is 132 Å². The second-order valence-corrected chi connectivity index (χ2v) is 5.13. The third-order valence-electron chi connectivity index (χ3n) is 3.54. The molecule has 2 aromatic carbocycles. The fourth-order valence-electron chi connectivity index (χ4n) is 2.52. The summed E-state index contributed by atoms with van der Waals surface area (Å²) in [5.41, 5.74) is 0.958. The van der Waals surface area contributed by atoms with Gasteiger partial charge in [0.25, 0.3) is 5.56 Å². The summed E-state index contributed by atoms with van der Waals surface area (Å²) in [7, 11) is 0. The monoisotopic (exact) mass is 309 g/mol. The van der Waals surface area contributed by atoms with E-state index >= 15 is 0 Å². The third-order valence-corrected chi connectivity index (χ3v) is 3.54. The molecule has 0 spiro atoms. The van der Waals surface area contributed by atoms with E-state index in [1.807, 2.05) is 18.2 Å². The molecule has 1 amide bonds. The van der Waals surface area contributed by atoms with E-state index in [1.165, 1.54) is 4.57 Å². The van der Waals surface area contributed by atoms with Gasteiger partial charge in [-0.25, -0.2) is 9.78 Å². The largest absolute Gasteiger partial charge is 0.465 e. The van der Waals surface area contributed by atoms with Gasteiger partial charge in [-0.05, 0) is 31.2 Å². The molecule has 0 aliphatic rings. The highest BCUT2D eigenvalue weighted by molar-refractivity contribution is 5.78. The van der Waals surface area contributed by atoms with Crippen molar-refractivity contribution in [2.24, 2.45) is 0 Å². The van der Waals surface area contributed by atoms with Gasteiger partial charge < -0.3 is 10.4 Å². The summed E-state index contributed by atoms with van der Waals surface area (Å²) >= 11 is 0. The van der Waals surface area contributed by atoms with Gasteiger partial charge in [0, 0.05) is 0 Å². The zero-order valence-corrected chi connectivity index (χ0v) is 12.4. The van der Waals surface area contributed by atoms with Crippen LogP contribution in [0.1, 0.15) is 18.8 Å². The van der Waals surface area contributed by atoms with Crippen LogP contribution in [0.2, 0.25) is 0 Å². The van der Waals surface area contributed by atoms with Gasteiger partial charge in [-0.3, -0.25) is 9.36 Å². The minimum atomic E-state index is -1.17. The molecule has 23 heavy (non-hydrogen) atoms. The molecule has 0 radical (unpaired) electrons. The number of fused-ring (bicyclic) bond motifs is 1. The van der Waals surface area contributed by atoms with Gasteiger partial charge in [0.15, 0.2) is 0 Å². The molecule has 3 aromatic rings. The molecule has 0 aliphatic carbocycles. The molecule has 2 N–H and O–H groups in total. The fraction of sp³-hybridized carbons (Fsp3) is 0.118. The van der Waals surface area contributed by atoms with Crippen molar-refractivity contribution in [3.63, 3.8) is 0 Å². The molecule has 1 aromatic heterocycles. The molecular formula is C17H15N3O3. The molecule has 1 atom stereocenters. The molecule has 0 fully saturated rings. The zero-order chi connectivity index (χ0) is 16.4. The first kappa shape index (κ1) is 14.8. The van der Waals surface area contributed by atoms with Crippen LogP contribution in [0.3, 0.4) is 0 Å². The molecule has 0 aliphatic heterocycles. The van der Waals surface area contributed by atoms with Crippen LogP contribution >= 0.6 is 0 Å². The van der Waals surface area contributed by atoms with Crippen LogP contribution in [0, 0.1) is 0 Å². The number of para-hydroxylation sites is 2. The van der Waals surface area contributed by atoms with E-state index in [1.54, 1.807) is 43.3 Å². The van der Waals surface area contributed by atoms with Gasteiger partial charge in [0.05, 0.1) is 22.6 Å². The highest BCUT2D eigenvalue weighted by atomic mass is 16.4. The van der Waals surface area contributed by atoms with Crippen LogP contribution < -0.4 is 10.9 Å². The van der Waals surface area contributed by atoms with Crippen LogP contribution in [0.4, 0.5) is 4.79 Å². The Kier molecular flexibility index (Phi) is 3.80. The fourth-order valence-corrected chi connectivity index (χ4v) is 2.52. The number of hydrogen-bond acceptors (Lipinski definition) is 3. The smallest absolute Gasteiger partial charge is 0.405 e. The number of nitrogens with zero attached hydrogens (tertiary/aromatic N) is 2. The van der Waals surface area contributed by atoms with Gasteiger partial charge in [-0.2, -0.15) is 0 Å². The molecule has 0 saturated carbocycles. The van der Waals surface area contributed by atoms with E-state index in [4.69, 9.17) is 5.11 Å². The van der Waals surface area contributed by atoms with Crippen LogP contribution in [0.15, 0.2) is 59.4 Å². The van der Waals surface area contributed by atoms with E-state index in [2.05, 4.69) is 10.3 Å². The first-order valence-electron chi connectivity index (χ1n) is 7.14. The summed E-state index contributed by atoms with van der Waals surface area (Å²) in [4.78, 5) is 28.3. The Morgan fingerprint density at radius 1 is 1.13 bits per heavy atom. The van der Waals surface area contributed by atoms with Crippen molar-refractivity contribution < 1.29 is 9.90 Å². The Morgan fingerprint density at radius 2 is 1.78 bits per heavy atom. The van der Waals surface area contributed by atoms with Crippen molar-refractivity contribution in [1.82, 2.24) is 14.9 Å². The van der Waals surface area contributed by atoms with E-state index in [0.29, 0.717) is 22.4 Å². The number of hydrogen-bond donors (Lipinski definition) is 2. The molecule has 6 nitrogen and oxygen atoms in total. The third kappa shape index (κ3) is 2.78. The van der Waals surface area contributed by atoms with Crippen molar-refractivity contribution in [1.29, 1.82) is 0 Å². The number of carbonyl (C=O) groups is 1. The van der Waals surface area contributed by atoms with Gasteiger partial charge in [-0.15, -0.1) is 0 Å². The zero-order valence-electron chi connectivity index (χ0n) is 12.4. The molecule has 0 saturated heterocycles. The Morgan fingerprint density at radius 3 is 2.48 bits per heavy atom. The Bertz CT molecular complexity index is 919. The average Bonchev–Trinajstić information content (AvgIpc) is 2.55. The molecule has 6 heteroatoms. The van der Waals surface area contributed by atoms with E-state index in [9.17, 15) is 9.59 Å². The Hall–Kier alpha value is -3.15. The normalized spacial score (nSPS) is 12.0. The maximum Gasteiger partial charge on any atom is 0.405 e. The van der Waals surface area contributed by atoms with E-state index in [0.717, 1.165) is 0 Å². The van der Waals surface area contributed by atoms with Crippen LogP contribution in [-0.2, 0) is 0 Å². The second-order valence-electron chi connectivity index (χ2n) is 5.13. The number of carboxylic acid groups (broad SMARTS) is 1. The van der Waals surface area contributed by atoms with Crippen molar-refractivity contribution in [2.75, 3.05) is 0 Å². The molecule has 116 valence electrons. The quantitative estimate of drug-likeness (QED) is 0.779. The summed E-state index contributed by atoms with van der Waals surface area (Å²) in [6.07, 6.45) is -1.17. The standard InChI is InChI=1S/C17H15N3O3/c1-11(18-17(22)23)15-19-14-10-6-5-9-13(14)16(21)20(15)12-7-3-2-4-8-12/h2-11,18H,1H3,(H,22,23). The number of aromatic nitrogens is 2. The maximum absolute atomic E-state index is 12.9. The van der Waals surface area contributed by atoms with Gasteiger partial charge in [0.1, 0.15) is 5.82 Å². The summed E-state index contributed by atoms with van der Waals surface area (Å²) in [5, 5.41) is 11.8. The lowest BCUT2D eigenvalue weighted by molar-refractivity contribution is 0.190. The number of benzene rings is 2. The minimum absolute atomic E-state index is 0.226. The summed E-state index contributed by atoms with van der Waals surface area (Å²) < 4.78 is 1.45. The predicted octanol–water partition coefficient (Wildman–Crippen LogP) is 2.71. The van der Waals surface area contributed by atoms with E-state index < -0.39 is 12.1 Å². The van der Waals surface area contributed by atoms with Crippen molar-refractivity contribution in [3.8, 4) is 5.69 Å². The van der Waals surface area contributed by atoms with Crippen molar-refractivity contribution >= 4 is 17.0 Å². The number of amides is 1. The van der Waals surface area contributed by atoms with Crippen molar-refractivity contribution in [2.45, 2.75) is 13.0 Å². The minimum Gasteiger partial charge on any atom is -0.465 e. The van der Waals surface area contributed by atoms with Gasteiger partial charge in [-0.1, -0.05) is 30.3 Å². The van der Waals surface area contributed by atoms with Crippen molar-refractivity contribution in [3.05, 3.63) is 70.8 Å².